The summed E-state index contributed by atoms with van der Waals surface area (Å²) < 4.78 is 4.84. The highest BCUT2D eigenvalue weighted by Gasteiger charge is 2.51. The fourth-order valence-electron chi connectivity index (χ4n) is 3.61. The molecule has 0 unspecified atom stereocenters. The molecule has 21 heavy (non-hydrogen) atoms. The first-order chi connectivity index (χ1) is 9.78. The molecule has 2 saturated heterocycles. The number of likely N-dealkylation sites (tertiary alicyclic amines) is 2. The fraction of sp³-hybridized carbons (Fsp3) is 0.941. The van der Waals surface area contributed by atoms with E-state index in [1.807, 2.05) is 0 Å². The van der Waals surface area contributed by atoms with Crippen LogP contribution in [-0.2, 0) is 9.53 Å². The number of piperidine rings is 1. The molecular weight excluding hydrogens is 264 g/mol. The third kappa shape index (κ3) is 3.42. The molecule has 0 aliphatic carbocycles. The van der Waals surface area contributed by atoms with Crippen molar-refractivity contribution in [3.63, 3.8) is 0 Å². The van der Waals surface area contributed by atoms with Gasteiger partial charge in [-0.05, 0) is 64.7 Å². The van der Waals surface area contributed by atoms with Crippen molar-refractivity contribution in [3.8, 4) is 0 Å². The predicted octanol–water partition coefficient (Wildman–Crippen LogP) is 2.38. The summed E-state index contributed by atoms with van der Waals surface area (Å²) in [6.07, 6.45) is 3.13. The van der Waals surface area contributed by atoms with E-state index in [4.69, 9.17) is 4.74 Å². The fourth-order valence-corrected chi connectivity index (χ4v) is 3.61. The summed E-state index contributed by atoms with van der Waals surface area (Å²) in [5.41, 5.74) is 0.761. The average molecular weight is 296 g/mol. The van der Waals surface area contributed by atoms with Crippen molar-refractivity contribution in [3.05, 3.63) is 0 Å². The van der Waals surface area contributed by atoms with Gasteiger partial charge < -0.3 is 9.64 Å². The summed E-state index contributed by atoms with van der Waals surface area (Å²) in [7, 11) is 1.49. The Morgan fingerprint density at radius 1 is 1.14 bits per heavy atom. The molecule has 0 spiro atoms. The van der Waals surface area contributed by atoms with E-state index in [-0.39, 0.29) is 11.9 Å². The maximum Gasteiger partial charge on any atom is 0.308 e. The first-order valence-electron chi connectivity index (χ1n) is 8.33. The molecular formula is C17H32N2O2. The van der Waals surface area contributed by atoms with Gasteiger partial charge >= 0.3 is 5.97 Å². The largest absolute Gasteiger partial charge is 0.469 e. The van der Waals surface area contributed by atoms with Crippen LogP contribution in [0.3, 0.4) is 0 Å². The van der Waals surface area contributed by atoms with Gasteiger partial charge in [-0.25, -0.2) is 0 Å². The Morgan fingerprint density at radius 3 is 2.24 bits per heavy atom. The molecule has 0 N–H and O–H groups in total. The second-order valence-corrected chi connectivity index (χ2v) is 7.86. The molecule has 122 valence electrons. The number of hydrogen-bond acceptors (Lipinski definition) is 4. The van der Waals surface area contributed by atoms with Crippen LogP contribution in [0.25, 0.3) is 0 Å². The second-order valence-electron chi connectivity index (χ2n) is 7.86. The summed E-state index contributed by atoms with van der Waals surface area (Å²) in [6, 6.07) is 0. The van der Waals surface area contributed by atoms with Crippen LogP contribution in [0, 0.1) is 11.3 Å². The zero-order valence-corrected chi connectivity index (χ0v) is 14.4. The summed E-state index contributed by atoms with van der Waals surface area (Å²) in [5.74, 6) is 0.0978. The number of esters is 1. The molecule has 0 aromatic rings. The van der Waals surface area contributed by atoms with Crippen molar-refractivity contribution in [2.45, 2.75) is 52.5 Å². The lowest BCUT2D eigenvalue weighted by atomic mass is 9.65. The summed E-state index contributed by atoms with van der Waals surface area (Å²) in [4.78, 5) is 16.6. The number of nitrogens with zero attached hydrogens (tertiary/aromatic N) is 2. The molecule has 2 heterocycles. The summed E-state index contributed by atoms with van der Waals surface area (Å²) >= 11 is 0. The highest BCUT2D eigenvalue weighted by molar-refractivity contribution is 5.72. The Labute approximate surface area is 129 Å². The molecule has 2 fully saturated rings. The van der Waals surface area contributed by atoms with Gasteiger partial charge in [0.15, 0.2) is 0 Å². The van der Waals surface area contributed by atoms with Crippen LogP contribution in [-0.4, -0.2) is 61.1 Å². The number of rotatable bonds is 5. The Hall–Kier alpha value is -0.610. The Balaban J connectivity index is 1.64. The van der Waals surface area contributed by atoms with Gasteiger partial charge in [0, 0.05) is 12.1 Å². The van der Waals surface area contributed by atoms with Gasteiger partial charge in [-0.15, -0.1) is 0 Å². The van der Waals surface area contributed by atoms with E-state index in [0.29, 0.717) is 11.0 Å². The molecule has 4 nitrogen and oxygen atoms in total. The third-order valence-corrected chi connectivity index (χ3v) is 6.06. The van der Waals surface area contributed by atoms with Crippen molar-refractivity contribution < 1.29 is 9.53 Å². The lowest BCUT2D eigenvalue weighted by Crippen LogP contribution is -2.69. The number of carbonyl (C=O) groups excluding carboxylic acids is 1. The van der Waals surface area contributed by atoms with Gasteiger partial charge in [0.1, 0.15) is 0 Å². The number of carbonyl (C=O) groups is 1. The van der Waals surface area contributed by atoms with Crippen molar-refractivity contribution in [1.29, 1.82) is 0 Å². The molecule has 0 atom stereocenters. The van der Waals surface area contributed by atoms with Crippen LogP contribution in [0.4, 0.5) is 0 Å². The minimum atomic E-state index is -0.0285. The first kappa shape index (κ1) is 16.8. The second kappa shape index (κ2) is 6.25. The van der Waals surface area contributed by atoms with Gasteiger partial charge in [-0.2, -0.15) is 0 Å². The lowest BCUT2D eigenvalue weighted by Gasteiger charge is -2.61. The van der Waals surface area contributed by atoms with Crippen LogP contribution in [0.1, 0.15) is 47.0 Å². The van der Waals surface area contributed by atoms with Gasteiger partial charge in [-0.1, -0.05) is 13.8 Å². The van der Waals surface area contributed by atoms with Crippen molar-refractivity contribution in [2.75, 3.05) is 39.8 Å². The summed E-state index contributed by atoms with van der Waals surface area (Å²) in [5, 5.41) is 0. The van der Waals surface area contributed by atoms with Crippen LogP contribution in [0.15, 0.2) is 0 Å². The normalized spacial score (nSPS) is 26.3. The number of ether oxygens (including phenoxy) is 1. The van der Waals surface area contributed by atoms with E-state index in [2.05, 4.69) is 37.5 Å². The smallest absolute Gasteiger partial charge is 0.308 e. The van der Waals surface area contributed by atoms with E-state index >= 15 is 0 Å². The van der Waals surface area contributed by atoms with Crippen molar-refractivity contribution >= 4 is 5.97 Å². The maximum absolute atomic E-state index is 11.5. The molecule has 0 saturated carbocycles. The van der Waals surface area contributed by atoms with Crippen LogP contribution in [0.5, 0.6) is 0 Å². The monoisotopic (exact) mass is 296 g/mol. The van der Waals surface area contributed by atoms with Gasteiger partial charge in [0.2, 0.25) is 0 Å². The van der Waals surface area contributed by atoms with E-state index in [0.717, 1.165) is 32.5 Å². The molecule has 0 amide bonds. The van der Waals surface area contributed by atoms with E-state index in [1.165, 1.54) is 26.6 Å². The highest BCUT2D eigenvalue weighted by Crippen LogP contribution is 2.46. The minimum absolute atomic E-state index is 0.0285. The predicted molar refractivity (Wildman–Crippen MR) is 85.2 cm³/mol. The zero-order chi connectivity index (χ0) is 15.7. The van der Waals surface area contributed by atoms with Crippen molar-refractivity contribution in [1.82, 2.24) is 9.80 Å². The first-order valence-corrected chi connectivity index (χ1v) is 8.33. The third-order valence-electron chi connectivity index (χ3n) is 6.06. The van der Waals surface area contributed by atoms with Crippen molar-refractivity contribution in [2.24, 2.45) is 11.3 Å². The Morgan fingerprint density at radius 2 is 1.76 bits per heavy atom. The molecule has 4 heteroatoms. The zero-order valence-electron chi connectivity index (χ0n) is 14.4. The molecule has 2 aliphatic rings. The van der Waals surface area contributed by atoms with Crippen LogP contribution < -0.4 is 0 Å². The summed E-state index contributed by atoms with van der Waals surface area (Å²) in [6.45, 7) is 15.1. The SMILES string of the molecule is COC(=O)C1CCN(CCCN2CC(C)(C)C2(C)C)CC1. The van der Waals surface area contributed by atoms with E-state index < -0.39 is 0 Å². The topological polar surface area (TPSA) is 32.8 Å². The molecule has 0 aromatic heterocycles. The highest BCUT2D eigenvalue weighted by atomic mass is 16.5. The van der Waals surface area contributed by atoms with Gasteiger partial charge in [0.05, 0.1) is 13.0 Å². The van der Waals surface area contributed by atoms with Gasteiger partial charge in [-0.3, -0.25) is 9.69 Å². The lowest BCUT2D eigenvalue weighted by molar-refractivity contribution is -0.147. The molecule has 2 aliphatic heterocycles. The Kier molecular flexibility index (Phi) is 4.99. The molecule has 0 aromatic carbocycles. The number of methoxy groups -OCH3 is 1. The Bertz CT molecular complexity index is 371. The van der Waals surface area contributed by atoms with E-state index in [9.17, 15) is 4.79 Å². The maximum atomic E-state index is 11.5. The minimum Gasteiger partial charge on any atom is -0.469 e. The average Bonchev–Trinajstić information content (AvgIpc) is 2.46. The quantitative estimate of drug-likeness (QED) is 0.729. The van der Waals surface area contributed by atoms with Crippen LogP contribution >= 0.6 is 0 Å². The van der Waals surface area contributed by atoms with Crippen LogP contribution in [0.2, 0.25) is 0 Å². The number of hydrogen-bond donors (Lipinski definition) is 0. The molecule has 0 bridgehead atoms. The molecule has 2 rings (SSSR count). The van der Waals surface area contributed by atoms with Gasteiger partial charge in [0.25, 0.3) is 0 Å². The standard InChI is InChI=1S/C17H32N2O2/c1-16(2)13-19(17(16,3)4)10-6-9-18-11-7-14(8-12-18)15(20)21-5/h14H,6-13H2,1-5H3. The molecule has 0 radical (unpaired) electrons. The van der Waals surface area contributed by atoms with E-state index in [1.54, 1.807) is 0 Å².